The molecule has 2 saturated heterocycles. The third kappa shape index (κ3) is 45.4. The fourth-order valence-electron chi connectivity index (χ4n) is 12.9. The number of unbranched alkanes of at least 4 members (excludes halogenated alkanes) is 48. The molecule has 12 atom stereocenters. The lowest BCUT2D eigenvalue weighted by Gasteiger charge is -2.46. The minimum atomic E-state index is -1.79. The van der Waals surface area contributed by atoms with Crippen molar-refractivity contribution in [3.8, 4) is 0 Å². The van der Waals surface area contributed by atoms with Gasteiger partial charge in [0.25, 0.3) is 0 Å². The number of nitrogens with one attached hydrogen (secondary N) is 1. The summed E-state index contributed by atoms with van der Waals surface area (Å²) < 4.78 is 22.9. The smallest absolute Gasteiger partial charge is 0.220 e. The number of allylic oxidation sites excluding steroid dienone is 5. The maximum Gasteiger partial charge on any atom is 0.220 e. The molecule has 0 bridgehead atoms. The lowest BCUT2D eigenvalue weighted by molar-refractivity contribution is -0.359. The van der Waals surface area contributed by atoms with Gasteiger partial charge in [-0.1, -0.05) is 339 Å². The minimum Gasteiger partial charge on any atom is -0.394 e. The highest BCUT2D eigenvalue weighted by Crippen LogP contribution is 2.30. The molecule has 91 heavy (non-hydrogen) atoms. The van der Waals surface area contributed by atoms with Gasteiger partial charge in [0.05, 0.1) is 32.0 Å². The molecule has 2 fully saturated rings. The second-order valence-electron chi connectivity index (χ2n) is 27.5. The predicted molar refractivity (Wildman–Crippen MR) is 374 cm³/mol. The molecule has 12 unspecified atom stereocenters. The molecule has 0 radical (unpaired) electrons. The van der Waals surface area contributed by atoms with Crippen LogP contribution in [0.15, 0.2) is 36.5 Å². The summed E-state index contributed by atoms with van der Waals surface area (Å²) in [4.78, 5) is 13.3. The molecule has 1 amide bonds. The monoisotopic (exact) mass is 1290 g/mol. The summed E-state index contributed by atoms with van der Waals surface area (Å²) in [6.07, 6.45) is 63.9. The molecule has 0 aliphatic carbocycles. The molecule has 2 aliphatic heterocycles. The zero-order valence-corrected chi connectivity index (χ0v) is 58.6. The highest BCUT2D eigenvalue weighted by atomic mass is 16.7. The highest BCUT2D eigenvalue weighted by molar-refractivity contribution is 5.76. The highest BCUT2D eigenvalue weighted by Gasteiger charge is 2.51. The summed E-state index contributed by atoms with van der Waals surface area (Å²) >= 11 is 0. The largest absolute Gasteiger partial charge is 0.394 e. The Morgan fingerprint density at radius 1 is 0.385 bits per heavy atom. The van der Waals surface area contributed by atoms with Crippen LogP contribution < -0.4 is 5.32 Å². The van der Waals surface area contributed by atoms with Crippen LogP contribution >= 0.6 is 0 Å². The number of hydrogen-bond donors (Lipinski definition) is 9. The summed E-state index contributed by atoms with van der Waals surface area (Å²) in [7, 11) is 0. The minimum absolute atomic E-state index is 0.246. The number of hydrogen-bond acceptors (Lipinski definition) is 13. The first-order valence-electron chi connectivity index (χ1n) is 38.7. The van der Waals surface area contributed by atoms with Crippen molar-refractivity contribution in [1.82, 2.24) is 5.32 Å². The molecule has 0 aromatic heterocycles. The quantitative estimate of drug-likeness (QED) is 0.0204. The van der Waals surface area contributed by atoms with E-state index in [4.69, 9.17) is 18.9 Å². The van der Waals surface area contributed by atoms with Gasteiger partial charge in [-0.2, -0.15) is 0 Å². The lowest BCUT2D eigenvalue weighted by atomic mass is 9.97. The molecule has 2 rings (SSSR count). The zero-order chi connectivity index (χ0) is 65.9. The third-order valence-corrected chi connectivity index (χ3v) is 19.1. The summed E-state index contributed by atoms with van der Waals surface area (Å²) in [6.45, 7) is 2.83. The molecule has 0 spiro atoms. The van der Waals surface area contributed by atoms with Crippen LogP contribution in [-0.4, -0.2) is 140 Å². The van der Waals surface area contributed by atoms with Gasteiger partial charge in [0, 0.05) is 6.42 Å². The fourth-order valence-corrected chi connectivity index (χ4v) is 12.9. The number of carbonyl (C=O) groups excluding carboxylic acids is 1. The first kappa shape index (κ1) is 85.3. The fraction of sp³-hybridized carbons (Fsp3) is 0.909. The summed E-state index contributed by atoms with van der Waals surface area (Å²) in [5.41, 5.74) is 0. The molecule has 9 N–H and O–H groups in total. The van der Waals surface area contributed by atoms with Crippen LogP contribution in [0.3, 0.4) is 0 Å². The first-order valence-corrected chi connectivity index (χ1v) is 38.7. The number of aliphatic hydroxyl groups is 8. The molecular weight excluding hydrogens is 1150 g/mol. The molecule has 2 heterocycles. The van der Waals surface area contributed by atoms with E-state index >= 15 is 0 Å². The molecule has 14 nitrogen and oxygen atoms in total. The van der Waals surface area contributed by atoms with E-state index in [0.29, 0.717) is 12.8 Å². The Morgan fingerprint density at radius 2 is 0.703 bits per heavy atom. The van der Waals surface area contributed by atoms with Crippen LogP contribution in [-0.2, 0) is 23.7 Å². The van der Waals surface area contributed by atoms with Gasteiger partial charge in [0.1, 0.15) is 48.8 Å². The van der Waals surface area contributed by atoms with Crippen molar-refractivity contribution in [3.05, 3.63) is 36.5 Å². The predicted octanol–water partition coefficient (Wildman–Crippen LogP) is 16.9. The lowest BCUT2D eigenvalue weighted by Crippen LogP contribution is -2.65. The van der Waals surface area contributed by atoms with Gasteiger partial charge in [0.15, 0.2) is 12.6 Å². The molecule has 2 aliphatic rings. The third-order valence-electron chi connectivity index (χ3n) is 19.1. The van der Waals surface area contributed by atoms with Gasteiger partial charge in [-0.05, 0) is 44.9 Å². The normalized spacial score (nSPS) is 22.9. The van der Waals surface area contributed by atoms with Crippen LogP contribution in [0.1, 0.15) is 354 Å². The number of carbonyl (C=O) groups is 1. The van der Waals surface area contributed by atoms with Crippen molar-refractivity contribution in [3.63, 3.8) is 0 Å². The van der Waals surface area contributed by atoms with Crippen molar-refractivity contribution in [2.45, 2.75) is 428 Å². The van der Waals surface area contributed by atoms with Gasteiger partial charge >= 0.3 is 0 Å². The Morgan fingerprint density at radius 3 is 1.08 bits per heavy atom. The van der Waals surface area contributed by atoms with Gasteiger partial charge in [0.2, 0.25) is 5.91 Å². The second-order valence-corrected chi connectivity index (χ2v) is 27.5. The van der Waals surface area contributed by atoms with E-state index < -0.39 is 86.8 Å². The Labute approximate surface area is 557 Å². The number of rotatable bonds is 65. The van der Waals surface area contributed by atoms with Crippen LogP contribution in [0.4, 0.5) is 0 Å². The van der Waals surface area contributed by atoms with Crippen LogP contribution in [0.2, 0.25) is 0 Å². The number of aliphatic hydroxyl groups excluding tert-OH is 8. The van der Waals surface area contributed by atoms with Gasteiger partial charge in [-0.15, -0.1) is 0 Å². The molecule has 536 valence electrons. The Hall–Kier alpha value is -1.79. The topological polar surface area (TPSA) is 228 Å². The van der Waals surface area contributed by atoms with Crippen molar-refractivity contribution < 1.29 is 64.6 Å². The average molecular weight is 1290 g/mol. The summed E-state index contributed by atoms with van der Waals surface area (Å²) in [6, 6.07) is -0.937. The van der Waals surface area contributed by atoms with Crippen LogP contribution in [0, 0.1) is 0 Å². The number of ether oxygens (including phenoxy) is 4. The van der Waals surface area contributed by atoms with E-state index in [0.717, 1.165) is 44.9 Å². The van der Waals surface area contributed by atoms with E-state index in [1.54, 1.807) is 6.08 Å². The van der Waals surface area contributed by atoms with E-state index in [1.807, 2.05) is 6.08 Å². The molecule has 0 aromatic rings. The second kappa shape index (κ2) is 61.8. The first-order chi connectivity index (χ1) is 44.6. The standard InChI is InChI=1S/C77H145NO13/c1-3-5-7-9-11-13-15-17-19-21-23-25-26-27-28-29-30-31-32-33-34-35-36-37-38-39-40-41-43-45-47-49-51-53-55-57-59-61-69(82)78-65(66(81)60-58-56-54-52-50-48-46-44-42-24-22-20-18-16-14-12-10-8-6-4-2)64-88-76-74(87)72(85)75(68(63-80)90-76)91-77-73(86)71(84)70(83)67(62-79)89-77/h42,44,50,52,58,60,65-68,70-77,79-81,83-87H,3-41,43,45-49,51,53-57,59,61-64H2,1-2H3,(H,78,82)/b44-42+,52-50+,60-58+. The van der Waals surface area contributed by atoms with Gasteiger partial charge in [-0.25, -0.2) is 0 Å². The van der Waals surface area contributed by atoms with E-state index in [-0.39, 0.29) is 18.9 Å². The zero-order valence-electron chi connectivity index (χ0n) is 58.6. The van der Waals surface area contributed by atoms with Crippen molar-refractivity contribution in [2.75, 3.05) is 19.8 Å². The van der Waals surface area contributed by atoms with Crippen LogP contribution in [0.25, 0.3) is 0 Å². The maximum absolute atomic E-state index is 13.3. The molecular formula is C77H145NO13. The average Bonchev–Trinajstić information content (AvgIpc) is 1.08. The van der Waals surface area contributed by atoms with Crippen molar-refractivity contribution >= 4 is 5.91 Å². The van der Waals surface area contributed by atoms with E-state index in [1.165, 1.54) is 276 Å². The Kier molecular flexibility index (Phi) is 57.9. The Bertz CT molecular complexity index is 1670. The number of amides is 1. The van der Waals surface area contributed by atoms with Crippen molar-refractivity contribution in [2.24, 2.45) is 0 Å². The Balaban J connectivity index is 1.59. The van der Waals surface area contributed by atoms with Gasteiger partial charge in [-0.3, -0.25) is 4.79 Å². The maximum atomic E-state index is 13.3. The van der Waals surface area contributed by atoms with E-state index in [9.17, 15) is 45.6 Å². The SMILES string of the molecule is CCCCCCCCCCCC/C=C/CC/C=C/CC/C=C/C(O)C(COC1OC(CO)C(OC2OC(CO)C(O)C(O)C2O)C(O)C1O)NC(=O)CCCCCCCCCCCCCCCCCCCCCCCCCCCCCCCCCCCCCCC. The van der Waals surface area contributed by atoms with Crippen LogP contribution in [0.5, 0.6) is 0 Å². The summed E-state index contributed by atoms with van der Waals surface area (Å²) in [5.74, 6) is -0.246. The summed E-state index contributed by atoms with van der Waals surface area (Å²) in [5, 5.41) is 87.5. The molecule has 14 heteroatoms. The van der Waals surface area contributed by atoms with E-state index in [2.05, 4.69) is 43.5 Å². The van der Waals surface area contributed by atoms with Crippen molar-refractivity contribution in [1.29, 1.82) is 0 Å². The molecule has 0 aromatic carbocycles. The molecule has 0 saturated carbocycles. The van der Waals surface area contributed by atoms with Gasteiger partial charge < -0.3 is 65.1 Å².